The number of carbonyl (C=O) groups excluding carboxylic acids is 1. The predicted octanol–water partition coefficient (Wildman–Crippen LogP) is 6.18. The van der Waals surface area contributed by atoms with Gasteiger partial charge in [0, 0.05) is 11.8 Å². The molecular weight excluding hydrogens is 463 g/mol. The van der Waals surface area contributed by atoms with Crippen molar-refractivity contribution in [3.8, 4) is 17.2 Å². The quantitative estimate of drug-likeness (QED) is 0.340. The van der Waals surface area contributed by atoms with Gasteiger partial charge >= 0.3 is 6.18 Å². The Bertz CT molecular complexity index is 1410. The fourth-order valence-electron chi connectivity index (χ4n) is 3.29. The molecule has 1 heterocycles. The molecular formula is C26H20F3NO5. The molecule has 1 N–H and O–H groups in total. The summed E-state index contributed by atoms with van der Waals surface area (Å²) in [4.78, 5) is 24.9. The maximum Gasteiger partial charge on any atom is 0.416 e. The van der Waals surface area contributed by atoms with Gasteiger partial charge in [-0.15, -0.1) is 0 Å². The average molecular weight is 483 g/mol. The van der Waals surface area contributed by atoms with E-state index in [1.807, 2.05) is 19.1 Å². The normalized spacial score (nSPS) is 11.3. The summed E-state index contributed by atoms with van der Waals surface area (Å²) in [7, 11) is 0. The molecule has 3 aromatic carbocycles. The van der Waals surface area contributed by atoms with Gasteiger partial charge in [0.2, 0.25) is 11.2 Å². The van der Waals surface area contributed by atoms with Crippen molar-refractivity contribution in [1.29, 1.82) is 0 Å². The maximum absolute atomic E-state index is 12.8. The number of amides is 1. The van der Waals surface area contributed by atoms with Crippen molar-refractivity contribution < 1.29 is 31.9 Å². The predicted molar refractivity (Wildman–Crippen MR) is 124 cm³/mol. The summed E-state index contributed by atoms with van der Waals surface area (Å²) in [5.41, 5.74) is 0.106. The van der Waals surface area contributed by atoms with Crippen LogP contribution >= 0.6 is 0 Å². The summed E-state index contributed by atoms with van der Waals surface area (Å²) in [6.07, 6.45) is -2.44. The summed E-state index contributed by atoms with van der Waals surface area (Å²) >= 11 is 0. The van der Waals surface area contributed by atoms with Crippen LogP contribution in [0, 0.1) is 0 Å². The standard InChI is InChI=1S/C26H20F3NO5/c1-2-16-6-8-19(9-7-16)35-23-14-34-22-13-20(10-11-21(22)25(23)32)33-15-24(31)30-18-5-3-4-17(12-18)26(27,28)29/h3-14H,2,15H2,1H3,(H,30,31). The largest absolute Gasteiger partial charge is 0.484 e. The highest BCUT2D eigenvalue weighted by Crippen LogP contribution is 2.30. The van der Waals surface area contributed by atoms with E-state index >= 15 is 0 Å². The van der Waals surface area contributed by atoms with Gasteiger partial charge in [-0.05, 0) is 54.4 Å². The molecule has 0 aliphatic rings. The number of hydrogen-bond donors (Lipinski definition) is 1. The Morgan fingerprint density at radius 3 is 2.46 bits per heavy atom. The number of nitrogens with one attached hydrogen (secondary N) is 1. The molecule has 0 unspecified atom stereocenters. The molecule has 1 amide bonds. The SMILES string of the molecule is CCc1ccc(Oc2coc3cc(OCC(=O)Nc4cccc(C(F)(F)F)c4)ccc3c2=O)cc1. The van der Waals surface area contributed by atoms with E-state index in [-0.39, 0.29) is 33.6 Å². The van der Waals surface area contributed by atoms with E-state index in [1.165, 1.54) is 36.6 Å². The minimum absolute atomic E-state index is 0.00482. The molecule has 0 aliphatic heterocycles. The van der Waals surface area contributed by atoms with Gasteiger partial charge in [-0.25, -0.2) is 0 Å². The highest BCUT2D eigenvalue weighted by atomic mass is 19.4. The van der Waals surface area contributed by atoms with Gasteiger partial charge in [0.1, 0.15) is 23.3 Å². The van der Waals surface area contributed by atoms with Crippen molar-refractivity contribution in [1.82, 2.24) is 0 Å². The van der Waals surface area contributed by atoms with Crippen molar-refractivity contribution in [2.75, 3.05) is 11.9 Å². The molecule has 4 rings (SSSR count). The lowest BCUT2D eigenvalue weighted by Gasteiger charge is -2.11. The zero-order valence-corrected chi connectivity index (χ0v) is 18.5. The topological polar surface area (TPSA) is 77.8 Å². The number of aryl methyl sites for hydroxylation is 1. The first kappa shape index (κ1) is 23.9. The lowest BCUT2D eigenvalue weighted by atomic mass is 10.2. The van der Waals surface area contributed by atoms with Crippen molar-refractivity contribution in [2.24, 2.45) is 0 Å². The van der Waals surface area contributed by atoms with Gasteiger partial charge < -0.3 is 19.2 Å². The Morgan fingerprint density at radius 1 is 1.00 bits per heavy atom. The second-order valence-electron chi connectivity index (χ2n) is 7.60. The van der Waals surface area contributed by atoms with Crippen molar-refractivity contribution >= 4 is 22.6 Å². The smallest absolute Gasteiger partial charge is 0.416 e. The number of alkyl halides is 3. The molecule has 1 aromatic heterocycles. The van der Waals surface area contributed by atoms with E-state index < -0.39 is 24.3 Å². The summed E-state index contributed by atoms with van der Waals surface area (Å²) < 4.78 is 55.0. The molecule has 9 heteroatoms. The van der Waals surface area contributed by atoms with Gasteiger partial charge in [-0.1, -0.05) is 25.1 Å². The number of anilines is 1. The first-order valence-corrected chi connectivity index (χ1v) is 10.6. The second kappa shape index (κ2) is 9.92. The molecule has 0 radical (unpaired) electrons. The van der Waals surface area contributed by atoms with E-state index in [2.05, 4.69) is 5.32 Å². The molecule has 4 aromatic rings. The van der Waals surface area contributed by atoms with Crippen LogP contribution in [0.1, 0.15) is 18.1 Å². The number of fused-ring (bicyclic) bond motifs is 1. The Labute approximate surface area is 197 Å². The first-order chi connectivity index (χ1) is 16.7. The zero-order chi connectivity index (χ0) is 25.0. The third-order valence-corrected chi connectivity index (χ3v) is 5.12. The zero-order valence-electron chi connectivity index (χ0n) is 18.5. The van der Waals surface area contributed by atoms with Crippen LogP contribution in [0.5, 0.6) is 17.2 Å². The molecule has 180 valence electrons. The molecule has 0 bridgehead atoms. The molecule has 0 aliphatic carbocycles. The van der Waals surface area contributed by atoms with Crippen LogP contribution < -0.4 is 20.2 Å². The number of ether oxygens (including phenoxy) is 2. The second-order valence-corrected chi connectivity index (χ2v) is 7.60. The number of hydrogen-bond acceptors (Lipinski definition) is 5. The number of carbonyl (C=O) groups is 1. The number of halogens is 3. The molecule has 0 fully saturated rings. The third-order valence-electron chi connectivity index (χ3n) is 5.12. The third kappa shape index (κ3) is 5.81. The lowest BCUT2D eigenvalue weighted by Crippen LogP contribution is -2.20. The van der Waals surface area contributed by atoms with Gasteiger partial charge in [0.15, 0.2) is 6.61 Å². The highest BCUT2D eigenvalue weighted by Gasteiger charge is 2.30. The first-order valence-electron chi connectivity index (χ1n) is 10.6. The van der Waals surface area contributed by atoms with E-state index in [4.69, 9.17) is 13.9 Å². The van der Waals surface area contributed by atoms with Crippen LogP contribution in [-0.2, 0) is 17.4 Å². The van der Waals surface area contributed by atoms with Crippen molar-refractivity contribution in [3.05, 3.63) is 94.3 Å². The van der Waals surface area contributed by atoms with Crippen LogP contribution in [-0.4, -0.2) is 12.5 Å². The minimum Gasteiger partial charge on any atom is -0.484 e. The van der Waals surface area contributed by atoms with Crippen LogP contribution in [0.2, 0.25) is 0 Å². The fraction of sp³-hybridized carbons (Fsp3) is 0.154. The summed E-state index contributed by atoms with van der Waals surface area (Å²) in [6.45, 7) is 1.58. The van der Waals surface area contributed by atoms with E-state index in [0.717, 1.165) is 24.1 Å². The summed E-state index contributed by atoms with van der Waals surface area (Å²) in [5.74, 6) is 0.115. The minimum atomic E-state index is -4.52. The Kier molecular flexibility index (Phi) is 6.77. The number of benzene rings is 3. The van der Waals surface area contributed by atoms with Crippen LogP contribution in [0.4, 0.5) is 18.9 Å². The highest BCUT2D eigenvalue weighted by molar-refractivity contribution is 5.92. The Morgan fingerprint density at radius 2 is 1.74 bits per heavy atom. The van der Waals surface area contributed by atoms with E-state index in [9.17, 15) is 22.8 Å². The molecule has 35 heavy (non-hydrogen) atoms. The van der Waals surface area contributed by atoms with E-state index in [1.54, 1.807) is 12.1 Å². The lowest BCUT2D eigenvalue weighted by molar-refractivity contribution is -0.137. The van der Waals surface area contributed by atoms with Crippen LogP contribution in [0.3, 0.4) is 0 Å². The molecule has 6 nitrogen and oxygen atoms in total. The summed E-state index contributed by atoms with van der Waals surface area (Å²) in [6, 6.07) is 16.0. The number of rotatable bonds is 7. The van der Waals surface area contributed by atoms with Crippen LogP contribution in [0.15, 0.2) is 82.2 Å². The van der Waals surface area contributed by atoms with Crippen molar-refractivity contribution in [2.45, 2.75) is 19.5 Å². The fourth-order valence-corrected chi connectivity index (χ4v) is 3.29. The summed E-state index contributed by atoms with van der Waals surface area (Å²) in [5, 5.41) is 2.61. The van der Waals surface area contributed by atoms with E-state index in [0.29, 0.717) is 5.75 Å². The van der Waals surface area contributed by atoms with Gasteiger partial charge in [-0.3, -0.25) is 9.59 Å². The average Bonchev–Trinajstić information content (AvgIpc) is 2.84. The molecule has 0 saturated carbocycles. The van der Waals surface area contributed by atoms with Gasteiger partial charge in [0.25, 0.3) is 5.91 Å². The maximum atomic E-state index is 12.8. The Balaban J connectivity index is 1.42. The molecule has 0 atom stereocenters. The molecule has 0 saturated heterocycles. The monoisotopic (exact) mass is 483 g/mol. The molecule has 0 spiro atoms. The van der Waals surface area contributed by atoms with Gasteiger partial charge in [-0.2, -0.15) is 13.2 Å². The van der Waals surface area contributed by atoms with Gasteiger partial charge in [0.05, 0.1) is 10.9 Å². The Hall–Kier alpha value is -4.27. The van der Waals surface area contributed by atoms with Crippen LogP contribution in [0.25, 0.3) is 11.0 Å². The van der Waals surface area contributed by atoms with Crippen molar-refractivity contribution in [3.63, 3.8) is 0 Å².